The Labute approximate surface area is 147 Å². The number of nitrogens with zero attached hydrogens (tertiary/aromatic N) is 1. The molecule has 0 spiro atoms. The van der Waals surface area contributed by atoms with Crippen LogP contribution in [-0.4, -0.2) is 17.7 Å². The van der Waals surface area contributed by atoms with Crippen LogP contribution in [0.15, 0.2) is 69.9 Å². The topological polar surface area (TPSA) is 64.4 Å². The van der Waals surface area contributed by atoms with E-state index < -0.39 is 6.09 Å². The first kappa shape index (κ1) is 16.3. The monoisotopic (exact) mass is 386 g/mol. The summed E-state index contributed by atoms with van der Waals surface area (Å²) in [5, 5.41) is 2.61. The number of anilines is 1. The molecule has 0 aliphatic carbocycles. The van der Waals surface area contributed by atoms with Crippen molar-refractivity contribution in [1.29, 1.82) is 0 Å². The second kappa shape index (κ2) is 7.79. The molecule has 1 N–H and O–H groups in total. The molecule has 0 aliphatic heterocycles. The number of hydrogen-bond donors (Lipinski definition) is 1. The van der Waals surface area contributed by atoms with Gasteiger partial charge in [0.15, 0.2) is 18.0 Å². The first-order chi connectivity index (χ1) is 11.7. The van der Waals surface area contributed by atoms with E-state index in [1.165, 1.54) is 6.39 Å². The molecule has 24 heavy (non-hydrogen) atoms. The molecule has 3 rings (SSSR count). The lowest BCUT2D eigenvalue weighted by Gasteiger charge is -2.06. The molecule has 0 saturated heterocycles. The average Bonchev–Trinajstić information content (AvgIpc) is 3.04. The van der Waals surface area contributed by atoms with E-state index in [1.54, 1.807) is 0 Å². The standard InChI is InChI=1S/C18H15BrN2O3/c19-15-8-6-14(7-9-15)16-17(20-12-24-16)21-18(22)23-11-10-13-4-2-1-3-5-13/h1-9,12H,10-11H2,(H,21,22). The Bertz CT molecular complexity index is 801. The van der Waals surface area contributed by atoms with Crippen molar-refractivity contribution in [2.75, 3.05) is 11.9 Å². The van der Waals surface area contributed by atoms with Crippen molar-refractivity contribution >= 4 is 27.8 Å². The maximum absolute atomic E-state index is 11.9. The minimum atomic E-state index is -0.557. The third-order valence-corrected chi connectivity index (χ3v) is 3.89. The maximum atomic E-state index is 11.9. The normalized spacial score (nSPS) is 10.4. The molecule has 0 bridgehead atoms. The van der Waals surface area contributed by atoms with Gasteiger partial charge < -0.3 is 9.15 Å². The molecule has 122 valence electrons. The summed E-state index contributed by atoms with van der Waals surface area (Å²) in [6, 6.07) is 17.4. The molecule has 1 amide bonds. The highest BCUT2D eigenvalue weighted by Gasteiger charge is 2.14. The van der Waals surface area contributed by atoms with Crippen LogP contribution in [-0.2, 0) is 11.2 Å². The van der Waals surface area contributed by atoms with Crippen LogP contribution >= 0.6 is 15.9 Å². The van der Waals surface area contributed by atoms with Gasteiger partial charge in [-0.25, -0.2) is 4.79 Å². The van der Waals surface area contributed by atoms with Crippen molar-refractivity contribution < 1.29 is 13.9 Å². The number of benzene rings is 2. The number of halogens is 1. The molecule has 5 nitrogen and oxygen atoms in total. The third-order valence-electron chi connectivity index (χ3n) is 3.36. The van der Waals surface area contributed by atoms with Gasteiger partial charge in [-0.1, -0.05) is 46.3 Å². The number of carbonyl (C=O) groups excluding carboxylic acids is 1. The summed E-state index contributed by atoms with van der Waals surface area (Å²) in [6.07, 6.45) is 1.39. The Morgan fingerprint density at radius 2 is 1.88 bits per heavy atom. The number of nitrogens with one attached hydrogen (secondary N) is 1. The van der Waals surface area contributed by atoms with Crippen molar-refractivity contribution in [2.24, 2.45) is 0 Å². The van der Waals surface area contributed by atoms with Crippen molar-refractivity contribution in [3.63, 3.8) is 0 Å². The fraction of sp³-hybridized carbons (Fsp3) is 0.111. The summed E-state index contributed by atoms with van der Waals surface area (Å²) in [4.78, 5) is 15.9. The minimum Gasteiger partial charge on any atom is -0.449 e. The lowest BCUT2D eigenvalue weighted by atomic mass is 10.2. The average molecular weight is 387 g/mol. The van der Waals surface area contributed by atoms with Gasteiger partial charge in [-0.05, 0) is 29.8 Å². The first-order valence-electron chi connectivity index (χ1n) is 7.39. The zero-order chi connectivity index (χ0) is 16.8. The molecular formula is C18H15BrN2O3. The molecule has 0 saturated carbocycles. The summed E-state index contributed by atoms with van der Waals surface area (Å²) in [6.45, 7) is 0.293. The zero-order valence-electron chi connectivity index (χ0n) is 12.7. The predicted octanol–water partition coefficient (Wildman–Crippen LogP) is 4.90. The summed E-state index contributed by atoms with van der Waals surface area (Å²) in [5.41, 5.74) is 1.93. The number of rotatable bonds is 5. The molecule has 6 heteroatoms. The SMILES string of the molecule is O=C(Nc1ncoc1-c1ccc(Br)cc1)OCCc1ccccc1. The lowest BCUT2D eigenvalue weighted by Crippen LogP contribution is -2.16. The summed E-state index contributed by atoms with van der Waals surface area (Å²) < 4.78 is 11.5. The van der Waals surface area contributed by atoms with Crippen LogP contribution in [0.1, 0.15) is 5.56 Å². The van der Waals surface area contributed by atoms with E-state index in [9.17, 15) is 4.79 Å². The Balaban J connectivity index is 1.57. The summed E-state index contributed by atoms with van der Waals surface area (Å²) in [5.74, 6) is 0.824. The predicted molar refractivity (Wildman–Crippen MR) is 94.8 cm³/mol. The Morgan fingerprint density at radius 1 is 1.12 bits per heavy atom. The molecule has 2 aromatic carbocycles. The van der Waals surface area contributed by atoms with Crippen molar-refractivity contribution in [3.05, 3.63) is 71.0 Å². The van der Waals surface area contributed by atoms with E-state index in [2.05, 4.69) is 26.2 Å². The van der Waals surface area contributed by atoms with Gasteiger partial charge in [0.25, 0.3) is 0 Å². The van der Waals surface area contributed by atoms with Gasteiger partial charge in [-0.2, -0.15) is 4.98 Å². The van der Waals surface area contributed by atoms with E-state index in [0.717, 1.165) is 15.6 Å². The largest absolute Gasteiger partial charge is 0.449 e. The molecule has 0 atom stereocenters. The minimum absolute atomic E-state index is 0.293. The van der Waals surface area contributed by atoms with Crippen LogP contribution in [0.3, 0.4) is 0 Å². The van der Waals surface area contributed by atoms with Gasteiger partial charge in [0.05, 0.1) is 6.61 Å². The summed E-state index contributed by atoms with van der Waals surface area (Å²) in [7, 11) is 0. The van der Waals surface area contributed by atoms with Crippen LogP contribution in [0.2, 0.25) is 0 Å². The highest BCUT2D eigenvalue weighted by Crippen LogP contribution is 2.28. The second-order valence-electron chi connectivity index (χ2n) is 5.03. The van der Waals surface area contributed by atoms with Gasteiger partial charge in [0.1, 0.15) is 0 Å². The number of ether oxygens (including phenoxy) is 1. The number of amides is 1. The van der Waals surface area contributed by atoms with Crippen LogP contribution in [0.4, 0.5) is 10.6 Å². The highest BCUT2D eigenvalue weighted by molar-refractivity contribution is 9.10. The second-order valence-corrected chi connectivity index (χ2v) is 5.95. The van der Waals surface area contributed by atoms with E-state index >= 15 is 0 Å². The van der Waals surface area contributed by atoms with E-state index in [0.29, 0.717) is 24.6 Å². The maximum Gasteiger partial charge on any atom is 0.412 e. The van der Waals surface area contributed by atoms with Crippen molar-refractivity contribution in [2.45, 2.75) is 6.42 Å². The molecule has 1 aromatic heterocycles. The fourth-order valence-electron chi connectivity index (χ4n) is 2.18. The highest BCUT2D eigenvalue weighted by atomic mass is 79.9. The van der Waals surface area contributed by atoms with Gasteiger partial charge >= 0.3 is 6.09 Å². The van der Waals surface area contributed by atoms with Crippen LogP contribution in [0.5, 0.6) is 0 Å². The lowest BCUT2D eigenvalue weighted by molar-refractivity contribution is 0.163. The van der Waals surface area contributed by atoms with Gasteiger partial charge in [0, 0.05) is 16.5 Å². The zero-order valence-corrected chi connectivity index (χ0v) is 14.3. The van der Waals surface area contributed by atoms with Gasteiger partial charge in [0.2, 0.25) is 0 Å². The van der Waals surface area contributed by atoms with Crippen molar-refractivity contribution in [3.8, 4) is 11.3 Å². The smallest absolute Gasteiger partial charge is 0.412 e. The van der Waals surface area contributed by atoms with E-state index in [1.807, 2.05) is 54.6 Å². The molecular weight excluding hydrogens is 372 g/mol. The van der Waals surface area contributed by atoms with Crippen molar-refractivity contribution in [1.82, 2.24) is 4.98 Å². The molecule has 3 aromatic rings. The van der Waals surface area contributed by atoms with E-state index in [-0.39, 0.29) is 0 Å². The molecule has 1 heterocycles. The Morgan fingerprint density at radius 3 is 2.62 bits per heavy atom. The molecule has 0 unspecified atom stereocenters. The molecule has 0 radical (unpaired) electrons. The number of oxazole rings is 1. The van der Waals surface area contributed by atoms with E-state index in [4.69, 9.17) is 9.15 Å². The number of carbonyl (C=O) groups is 1. The third kappa shape index (κ3) is 4.23. The Kier molecular flexibility index (Phi) is 5.28. The molecule has 0 aliphatic rings. The van der Waals surface area contributed by atoms with Gasteiger partial charge in [-0.3, -0.25) is 5.32 Å². The first-order valence-corrected chi connectivity index (χ1v) is 8.19. The fourth-order valence-corrected chi connectivity index (χ4v) is 2.44. The van der Waals surface area contributed by atoms with Crippen LogP contribution in [0.25, 0.3) is 11.3 Å². The quantitative estimate of drug-likeness (QED) is 0.677. The van der Waals surface area contributed by atoms with Gasteiger partial charge in [-0.15, -0.1) is 0 Å². The Hall–Kier alpha value is -2.60. The number of aromatic nitrogens is 1. The number of hydrogen-bond acceptors (Lipinski definition) is 4. The summed E-state index contributed by atoms with van der Waals surface area (Å²) >= 11 is 3.38. The molecule has 0 fully saturated rings. The van der Waals surface area contributed by atoms with Crippen LogP contribution < -0.4 is 5.32 Å². The van der Waals surface area contributed by atoms with Crippen LogP contribution in [0, 0.1) is 0 Å².